The monoisotopic (exact) mass is 283 g/mol. The summed E-state index contributed by atoms with van der Waals surface area (Å²) >= 11 is 3.45. The Hall–Kier alpha value is -1.03. The number of hydrogen-bond acceptors (Lipinski definition) is 1. The highest BCUT2D eigenvalue weighted by molar-refractivity contribution is 9.10. The van der Waals surface area contributed by atoms with Gasteiger partial charge in [0.2, 0.25) is 0 Å². The van der Waals surface area contributed by atoms with E-state index >= 15 is 0 Å². The predicted molar refractivity (Wildman–Crippen MR) is 72.6 cm³/mol. The first kappa shape index (κ1) is 13.0. The van der Waals surface area contributed by atoms with Gasteiger partial charge in [-0.2, -0.15) is 0 Å². The Morgan fingerprint density at radius 3 is 2.75 bits per heavy atom. The van der Waals surface area contributed by atoms with Gasteiger partial charge in [0, 0.05) is 24.1 Å². The Morgan fingerprint density at radius 2 is 2.19 bits per heavy atom. The molecule has 0 aliphatic carbocycles. The molecule has 0 saturated heterocycles. The molecule has 0 bridgehead atoms. The zero-order chi connectivity index (χ0) is 12.0. The average molecular weight is 284 g/mol. The van der Waals surface area contributed by atoms with Crippen molar-refractivity contribution in [3.8, 4) is 0 Å². The number of guanidine groups is 1. The number of nitrogens with zero attached hydrogens (tertiary/aromatic N) is 1. The molecule has 88 valence electrons. The molecule has 0 unspecified atom stereocenters. The minimum absolute atomic E-state index is 0.383. The first-order valence-corrected chi connectivity index (χ1v) is 6.12. The van der Waals surface area contributed by atoms with Gasteiger partial charge < -0.3 is 10.6 Å². The largest absolute Gasteiger partial charge is 0.354 e. The zero-order valence-corrected chi connectivity index (χ0v) is 11.5. The van der Waals surface area contributed by atoms with Crippen LogP contribution in [0.4, 0.5) is 0 Å². The highest BCUT2D eigenvalue weighted by Gasteiger charge is 2.00. The molecule has 1 aromatic carbocycles. The van der Waals surface area contributed by atoms with Crippen molar-refractivity contribution in [3.63, 3.8) is 0 Å². The first-order chi connectivity index (χ1) is 7.61. The molecule has 0 fully saturated rings. The van der Waals surface area contributed by atoms with Crippen LogP contribution in [0.5, 0.6) is 0 Å². The second kappa shape index (κ2) is 6.53. The lowest BCUT2D eigenvalue weighted by Crippen LogP contribution is -2.40. The lowest BCUT2D eigenvalue weighted by Gasteiger charge is -2.14. The Kier molecular flexibility index (Phi) is 5.32. The molecule has 0 aliphatic heterocycles. The van der Waals surface area contributed by atoms with Crippen molar-refractivity contribution in [1.29, 1.82) is 0 Å². The average Bonchev–Trinajstić information content (AvgIpc) is 2.24. The van der Waals surface area contributed by atoms with E-state index in [-0.39, 0.29) is 0 Å². The van der Waals surface area contributed by atoms with Gasteiger partial charge >= 0.3 is 0 Å². The van der Waals surface area contributed by atoms with Crippen LogP contribution in [0, 0.1) is 0 Å². The van der Waals surface area contributed by atoms with E-state index in [1.165, 1.54) is 5.56 Å². The van der Waals surface area contributed by atoms with E-state index in [0.29, 0.717) is 6.04 Å². The number of halogens is 1. The van der Waals surface area contributed by atoms with Crippen molar-refractivity contribution in [3.05, 3.63) is 34.3 Å². The van der Waals surface area contributed by atoms with Crippen LogP contribution >= 0.6 is 15.9 Å². The summed E-state index contributed by atoms with van der Waals surface area (Å²) in [5.74, 6) is 0.829. The number of nitrogens with one attached hydrogen (secondary N) is 2. The number of benzene rings is 1. The van der Waals surface area contributed by atoms with Gasteiger partial charge in [0.1, 0.15) is 0 Å². The van der Waals surface area contributed by atoms with Gasteiger partial charge in [-0.05, 0) is 31.5 Å². The van der Waals surface area contributed by atoms with Crippen molar-refractivity contribution in [2.24, 2.45) is 4.99 Å². The van der Waals surface area contributed by atoms with Crippen molar-refractivity contribution >= 4 is 21.9 Å². The molecule has 16 heavy (non-hydrogen) atoms. The molecular formula is C12H18BrN3. The van der Waals surface area contributed by atoms with Crippen LogP contribution in [0.2, 0.25) is 0 Å². The summed E-state index contributed by atoms with van der Waals surface area (Å²) in [4.78, 5) is 4.15. The van der Waals surface area contributed by atoms with Crippen molar-refractivity contribution < 1.29 is 0 Å². The fourth-order valence-electron chi connectivity index (χ4n) is 1.30. The maximum absolute atomic E-state index is 4.15. The van der Waals surface area contributed by atoms with E-state index in [1.807, 2.05) is 12.1 Å². The summed E-state index contributed by atoms with van der Waals surface area (Å²) < 4.78 is 1.10. The predicted octanol–water partition coefficient (Wildman–Crippen LogP) is 2.52. The molecule has 0 aromatic heterocycles. The summed E-state index contributed by atoms with van der Waals surface area (Å²) in [5, 5.41) is 6.50. The summed E-state index contributed by atoms with van der Waals surface area (Å²) in [6, 6.07) is 8.61. The molecule has 0 heterocycles. The van der Waals surface area contributed by atoms with Crippen LogP contribution in [-0.2, 0) is 6.54 Å². The van der Waals surface area contributed by atoms with Gasteiger partial charge in [-0.1, -0.05) is 28.1 Å². The topological polar surface area (TPSA) is 36.4 Å². The quantitative estimate of drug-likeness (QED) is 0.661. The second-order valence-corrected chi connectivity index (χ2v) is 4.77. The Morgan fingerprint density at radius 1 is 1.44 bits per heavy atom. The summed E-state index contributed by atoms with van der Waals surface area (Å²) in [7, 11) is 1.78. The fourth-order valence-corrected chi connectivity index (χ4v) is 1.75. The Balaban J connectivity index is 2.50. The van der Waals surface area contributed by atoms with Crippen molar-refractivity contribution in [2.75, 3.05) is 7.05 Å². The van der Waals surface area contributed by atoms with E-state index < -0.39 is 0 Å². The van der Waals surface area contributed by atoms with E-state index in [0.717, 1.165) is 17.0 Å². The van der Waals surface area contributed by atoms with E-state index in [2.05, 4.69) is 57.5 Å². The maximum Gasteiger partial charge on any atom is 0.191 e. The zero-order valence-electron chi connectivity index (χ0n) is 9.92. The molecule has 1 rings (SSSR count). The summed E-state index contributed by atoms with van der Waals surface area (Å²) in [5.41, 5.74) is 1.22. The van der Waals surface area contributed by atoms with E-state index in [1.54, 1.807) is 7.05 Å². The SMILES string of the molecule is CN=C(NCc1cccc(Br)c1)NC(C)C. The Bertz CT molecular complexity index is 361. The lowest BCUT2D eigenvalue weighted by molar-refractivity contribution is 0.699. The molecule has 0 saturated carbocycles. The van der Waals surface area contributed by atoms with Crippen LogP contribution < -0.4 is 10.6 Å². The fraction of sp³-hybridized carbons (Fsp3) is 0.417. The number of rotatable bonds is 3. The van der Waals surface area contributed by atoms with Gasteiger partial charge in [0.05, 0.1) is 0 Å². The molecule has 0 radical (unpaired) electrons. The third kappa shape index (κ3) is 4.66. The van der Waals surface area contributed by atoms with Gasteiger partial charge in [-0.25, -0.2) is 0 Å². The highest BCUT2D eigenvalue weighted by Crippen LogP contribution is 2.11. The molecule has 2 N–H and O–H groups in total. The van der Waals surface area contributed by atoms with Gasteiger partial charge in [-0.15, -0.1) is 0 Å². The number of aliphatic imine (C=N–C) groups is 1. The molecular weight excluding hydrogens is 266 g/mol. The summed E-state index contributed by atoms with van der Waals surface area (Å²) in [6.07, 6.45) is 0. The molecule has 0 aliphatic rings. The third-order valence-corrected chi connectivity index (χ3v) is 2.49. The van der Waals surface area contributed by atoms with Crippen LogP contribution in [-0.4, -0.2) is 19.0 Å². The molecule has 0 atom stereocenters. The highest BCUT2D eigenvalue weighted by atomic mass is 79.9. The third-order valence-electron chi connectivity index (χ3n) is 2.00. The molecule has 3 nitrogen and oxygen atoms in total. The normalized spacial score (nSPS) is 11.7. The van der Waals surface area contributed by atoms with Crippen molar-refractivity contribution in [1.82, 2.24) is 10.6 Å². The molecule has 0 amide bonds. The molecule has 4 heteroatoms. The van der Waals surface area contributed by atoms with E-state index in [9.17, 15) is 0 Å². The lowest BCUT2D eigenvalue weighted by atomic mass is 10.2. The van der Waals surface area contributed by atoms with Gasteiger partial charge in [0.25, 0.3) is 0 Å². The molecule has 1 aromatic rings. The second-order valence-electron chi connectivity index (χ2n) is 3.85. The van der Waals surface area contributed by atoms with Crippen LogP contribution in [0.1, 0.15) is 19.4 Å². The summed E-state index contributed by atoms with van der Waals surface area (Å²) in [6.45, 7) is 4.95. The minimum atomic E-state index is 0.383. The van der Waals surface area contributed by atoms with E-state index in [4.69, 9.17) is 0 Å². The van der Waals surface area contributed by atoms with Gasteiger partial charge in [0.15, 0.2) is 5.96 Å². The first-order valence-electron chi connectivity index (χ1n) is 5.33. The minimum Gasteiger partial charge on any atom is -0.354 e. The van der Waals surface area contributed by atoms with Crippen LogP contribution in [0.3, 0.4) is 0 Å². The van der Waals surface area contributed by atoms with Crippen molar-refractivity contribution in [2.45, 2.75) is 26.4 Å². The van der Waals surface area contributed by atoms with Gasteiger partial charge in [-0.3, -0.25) is 4.99 Å². The smallest absolute Gasteiger partial charge is 0.191 e. The maximum atomic E-state index is 4.15. The molecule has 0 spiro atoms. The Labute approximate surface area is 105 Å². The van der Waals surface area contributed by atoms with Crippen LogP contribution in [0.25, 0.3) is 0 Å². The van der Waals surface area contributed by atoms with Crippen LogP contribution in [0.15, 0.2) is 33.7 Å². The standard InChI is InChI=1S/C12H18BrN3/c1-9(2)16-12(14-3)15-8-10-5-4-6-11(13)7-10/h4-7,9H,8H2,1-3H3,(H2,14,15,16). The number of hydrogen-bond donors (Lipinski definition) is 2.